The van der Waals surface area contributed by atoms with E-state index in [0.29, 0.717) is 32.1 Å². The third-order valence-corrected chi connectivity index (χ3v) is 5.14. The van der Waals surface area contributed by atoms with E-state index in [1.165, 1.54) is 19.3 Å². The van der Waals surface area contributed by atoms with Gasteiger partial charge in [0.2, 0.25) is 11.8 Å². The fourth-order valence-corrected chi connectivity index (χ4v) is 3.64. The maximum atomic E-state index is 12.6. The predicted molar refractivity (Wildman–Crippen MR) is 86.7 cm³/mol. The fraction of sp³-hybridized carbons (Fsp3) is 0.706. The first-order valence-corrected chi connectivity index (χ1v) is 8.73. The molecule has 23 heavy (non-hydrogen) atoms. The van der Waals surface area contributed by atoms with E-state index in [0.717, 1.165) is 12.8 Å². The lowest BCUT2D eigenvalue weighted by molar-refractivity contribution is -0.144. The third-order valence-electron chi connectivity index (χ3n) is 5.14. The first kappa shape index (κ1) is 16.0. The van der Waals surface area contributed by atoms with Crippen molar-refractivity contribution in [3.8, 4) is 0 Å². The molecule has 1 aliphatic carbocycles. The van der Waals surface area contributed by atoms with Crippen LogP contribution < -0.4 is 0 Å². The van der Waals surface area contributed by atoms with Gasteiger partial charge in [0.1, 0.15) is 6.04 Å². The minimum Gasteiger partial charge on any atom is -0.339 e. The zero-order chi connectivity index (χ0) is 16.2. The van der Waals surface area contributed by atoms with Gasteiger partial charge in [0.05, 0.1) is 0 Å². The quantitative estimate of drug-likeness (QED) is 0.852. The van der Waals surface area contributed by atoms with E-state index < -0.39 is 0 Å². The molecule has 6 heteroatoms. The van der Waals surface area contributed by atoms with Crippen LogP contribution in [0.3, 0.4) is 0 Å². The minimum atomic E-state index is -0.286. The summed E-state index contributed by atoms with van der Waals surface area (Å²) in [4.78, 5) is 28.9. The van der Waals surface area contributed by atoms with Crippen LogP contribution in [-0.4, -0.2) is 57.6 Å². The zero-order valence-corrected chi connectivity index (χ0v) is 13.9. The van der Waals surface area contributed by atoms with Crippen LogP contribution >= 0.6 is 0 Å². The summed E-state index contributed by atoms with van der Waals surface area (Å²) in [5.74, 6) is 0.601. The molecule has 1 aromatic heterocycles. The molecule has 2 amide bonds. The van der Waals surface area contributed by atoms with Gasteiger partial charge in [-0.2, -0.15) is 5.10 Å². The molecule has 2 aliphatic rings. The van der Waals surface area contributed by atoms with Crippen LogP contribution in [0.5, 0.6) is 0 Å². The van der Waals surface area contributed by atoms with Crippen LogP contribution in [0, 0.1) is 5.92 Å². The summed E-state index contributed by atoms with van der Waals surface area (Å²) < 4.78 is 1.68. The highest BCUT2D eigenvalue weighted by molar-refractivity contribution is 5.81. The average molecular weight is 318 g/mol. The van der Waals surface area contributed by atoms with E-state index in [1.54, 1.807) is 10.9 Å². The maximum absolute atomic E-state index is 12.6. The summed E-state index contributed by atoms with van der Waals surface area (Å²) in [5, 5.41) is 4.14. The minimum absolute atomic E-state index is 0.0819. The molecule has 1 unspecified atom stereocenters. The zero-order valence-electron chi connectivity index (χ0n) is 13.9. The van der Waals surface area contributed by atoms with Crippen LogP contribution in [0.25, 0.3) is 0 Å². The standard InChI is InChI=1S/C17H26N4O2/c1-14(21-9-5-8-18-21)16(22)19-10-12-20(13-11-19)17(23)15-6-3-2-4-7-15/h5,8-9,14-15H,2-4,6-7,10-13H2,1H3. The molecule has 2 fully saturated rings. The second-order valence-corrected chi connectivity index (χ2v) is 6.65. The van der Waals surface area contributed by atoms with Gasteiger partial charge in [-0.05, 0) is 25.8 Å². The predicted octanol–water partition coefficient (Wildman–Crippen LogP) is 1.70. The van der Waals surface area contributed by atoms with Gasteiger partial charge in [0.25, 0.3) is 0 Å². The average Bonchev–Trinajstić information content (AvgIpc) is 3.15. The fourth-order valence-electron chi connectivity index (χ4n) is 3.64. The SMILES string of the molecule is CC(C(=O)N1CCN(C(=O)C2CCCCC2)CC1)n1cccn1. The Bertz CT molecular complexity index is 529. The first-order chi connectivity index (χ1) is 11.2. The topological polar surface area (TPSA) is 58.4 Å². The van der Waals surface area contributed by atoms with Crippen molar-refractivity contribution in [2.45, 2.75) is 45.1 Å². The van der Waals surface area contributed by atoms with Crippen molar-refractivity contribution in [1.82, 2.24) is 19.6 Å². The van der Waals surface area contributed by atoms with Gasteiger partial charge in [-0.25, -0.2) is 0 Å². The van der Waals surface area contributed by atoms with E-state index in [9.17, 15) is 9.59 Å². The van der Waals surface area contributed by atoms with Crippen molar-refractivity contribution in [1.29, 1.82) is 0 Å². The lowest BCUT2D eigenvalue weighted by atomic mass is 9.88. The number of hydrogen-bond donors (Lipinski definition) is 0. The van der Waals surface area contributed by atoms with Crippen molar-refractivity contribution in [2.24, 2.45) is 5.92 Å². The van der Waals surface area contributed by atoms with Gasteiger partial charge >= 0.3 is 0 Å². The van der Waals surface area contributed by atoms with E-state index in [1.807, 2.05) is 29.0 Å². The Morgan fingerprint density at radius 2 is 1.70 bits per heavy atom. The molecule has 126 valence electrons. The van der Waals surface area contributed by atoms with Gasteiger partial charge in [-0.1, -0.05) is 19.3 Å². The van der Waals surface area contributed by atoms with Gasteiger partial charge in [-0.3, -0.25) is 14.3 Å². The summed E-state index contributed by atoms with van der Waals surface area (Å²) in [7, 11) is 0. The second kappa shape index (κ2) is 7.15. The lowest BCUT2D eigenvalue weighted by Crippen LogP contribution is -2.53. The van der Waals surface area contributed by atoms with Crippen molar-refractivity contribution in [3.05, 3.63) is 18.5 Å². The number of amides is 2. The van der Waals surface area contributed by atoms with Crippen molar-refractivity contribution >= 4 is 11.8 Å². The molecular weight excluding hydrogens is 292 g/mol. The summed E-state index contributed by atoms with van der Waals surface area (Å²) in [6, 6.07) is 1.54. The molecule has 2 heterocycles. The number of piperazine rings is 1. The number of rotatable bonds is 3. The van der Waals surface area contributed by atoms with Gasteiger partial charge in [0.15, 0.2) is 0 Å². The highest BCUT2D eigenvalue weighted by Gasteiger charge is 2.31. The number of carbonyl (C=O) groups is 2. The summed E-state index contributed by atoms with van der Waals surface area (Å²) in [6.45, 7) is 4.44. The van der Waals surface area contributed by atoms with E-state index in [-0.39, 0.29) is 17.9 Å². The smallest absolute Gasteiger partial charge is 0.247 e. The molecule has 0 spiro atoms. The summed E-state index contributed by atoms with van der Waals surface area (Å²) >= 11 is 0. The van der Waals surface area contributed by atoms with E-state index >= 15 is 0 Å². The normalized spacial score (nSPS) is 21.3. The van der Waals surface area contributed by atoms with Crippen LogP contribution in [0.15, 0.2) is 18.5 Å². The van der Waals surface area contributed by atoms with Crippen molar-refractivity contribution in [2.75, 3.05) is 26.2 Å². The molecule has 1 aromatic rings. The molecule has 1 aliphatic heterocycles. The van der Waals surface area contributed by atoms with Crippen molar-refractivity contribution in [3.63, 3.8) is 0 Å². The molecule has 6 nitrogen and oxygen atoms in total. The van der Waals surface area contributed by atoms with Crippen LogP contribution in [0.2, 0.25) is 0 Å². The summed E-state index contributed by atoms with van der Waals surface area (Å²) in [5.41, 5.74) is 0. The second-order valence-electron chi connectivity index (χ2n) is 6.65. The monoisotopic (exact) mass is 318 g/mol. The van der Waals surface area contributed by atoms with Gasteiger partial charge < -0.3 is 9.80 Å². The third kappa shape index (κ3) is 3.57. The molecular formula is C17H26N4O2. The Morgan fingerprint density at radius 3 is 2.30 bits per heavy atom. The number of nitrogens with zero attached hydrogens (tertiary/aromatic N) is 4. The Morgan fingerprint density at radius 1 is 1.04 bits per heavy atom. The summed E-state index contributed by atoms with van der Waals surface area (Å²) in [6.07, 6.45) is 9.18. The molecule has 0 aromatic carbocycles. The lowest BCUT2D eigenvalue weighted by Gasteiger charge is -2.38. The Balaban J connectivity index is 1.51. The molecule has 1 saturated heterocycles. The highest BCUT2D eigenvalue weighted by atomic mass is 16.2. The molecule has 3 rings (SSSR count). The van der Waals surface area contributed by atoms with Crippen LogP contribution in [-0.2, 0) is 9.59 Å². The number of aromatic nitrogens is 2. The highest BCUT2D eigenvalue weighted by Crippen LogP contribution is 2.26. The Kier molecular flexibility index (Phi) is 4.98. The molecule has 1 saturated carbocycles. The Hall–Kier alpha value is -1.85. The Labute approximate surface area is 137 Å². The van der Waals surface area contributed by atoms with Gasteiger partial charge in [-0.15, -0.1) is 0 Å². The van der Waals surface area contributed by atoms with Crippen LogP contribution in [0.1, 0.15) is 45.1 Å². The van der Waals surface area contributed by atoms with Crippen molar-refractivity contribution < 1.29 is 9.59 Å². The molecule has 0 bridgehead atoms. The number of carbonyl (C=O) groups excluding carboxylic acids is 2. The van der Waals surface area contributed by atoms with E-state index in [4.69, 9.17) is 0 Å². The van der Waals surface area contributed by atoms with Gasteiger partial charge in [0, 0.05) is 44.5 Å². The molecule has 0 N–H and O–H groups in total. The number of hydrogen-bond acceptors (Lipinski definition) is 3. The first-order valence-electron chi connectivity index (χ1n) is 8.73. The largest absolute Gasteiger partial charge is 0.339 e. The molecule has 1 atom stereocenters. The van der Waals surface area contributed by atoms with E-state index in [2.05, 4.69) is 5.10 Å². The molecule has 0 radical (unpaired) electrons. The van der Waals surface area contributed by atoms with Crippen LogP contribution in [0.4, 0.5) is 0 Å². The maximum Gasteiger partial charge on any atom is 0.247 e.